The van der Waals surface area contributed by atoms with Crippen molar-refractivity contribution in [2.45, 2.75) is 39.5 Å². The molecule has 4 nitrogen and oxygen atoms in total. The van der Waals surface area contributed by atoms with Gasteiger partial charge in [-0.1, -0.05) is 52.0 Å². The molecule has 0 fully saturated rings. The number of pyridine rings is 2. The molecule has 1 radical (unpaired) electrons. The minimum atomic E-state index is -10.7. The Labute approximate surface area is 241 Å². The molecule has 0 saturated heterocycles. The third kappa shape index (κ3) is 11.2. The number of hydrogen-bond donors (Lipinski definition) is 0. The summed E-state index contributed by atoms with van der Waals surface area (Å²) in [6.45, 7) is 8.69. The first-order chi connectivity index (χ1) is 17.9. The van der Waals surface area contributed by atoms with Gasteiger partial charge >= 0.3 is 33.0 Å². The SMILES string of the molecule is CCc1cnc(-c2[c-]cc(C(C)(C)C)cc2)nc1.F[P-](F)(F)(F)(F)F.[Ir].c1cnc2c(c1)ccc1cccnc12. The van der Waals surface area contributed by atoms with Gasteiger partial charge in [-0.05, 0) is 29.5 Å². The molecule has 3 aromatic heterocycles. The number of hydrogen-bond acceptors (Lipinski definition) is 4. The molecule has 0 N–H and O–H groups in total. The zero-order valence-electron chi connectivity index (χ0n) is 22.0. The minimum Gasteiger partial charge on any atom is -0.254 e. The number of benzene rings is 2. The summed E-state index contributed by atoms with van der Waals surface area (Å²) in [5, 5.41) is 2.28. The summed E-state index contributed by atoms with van der Waals surface area (Å²) in [5.74, 6) is 0.743. The Morgan fingerprint density at radius 1 is 0.725 bits per heavy atom. The van der Waals surface area contributed by atoms with Crippen LogP contribution in [-0.4, -0.2) is 19.9 Å². The Morgan fingerprint density at radius 3 is 1.57 bits per heavy atom. The number of nitrogens with zero attached hydrogens (tertiary/aromatic N) is 4. The predicted molar refractivity (Wildman–Crippen MR) is 145 cm³/mol. The third-order valence-electron chi connectivity index (χ3n) is 5.38. The van der Waals surface area contributed by atoms with Crippen molar-refractivity contribution in [1.82, 2.24) is 19.9 Å². The fourth-order valence-electron chi connectivity index (χ4n) is 3.39. The number of fused-ring (bicyclic) bond motifs is 3. The van der Waals surface area contributed by atoms with Crippen molar-refractivity contribution in [2.75, 3.05) is 0 Å². The van der Waals surface area contributed by atoms with E-state index < -0.39 is 7.81 Å². The van der Waals surface area contributed by atoms with E-state index in [1.54, 1.807) is 12.4 Å². The van der Waals surface area contributed by atoms with E-state index in [4.69, 9.17) is 0 Å². The first-order valence-electron chi connectivity index (χ1n) is 11.9. The maximum atomic E-state index is 9.87. The van der Waals surface area contributed by atoms with Crippen molar-refractivity contribution in [3.8, 4) is 11.4 Å². The average Bonchev–Trinajstić information content (AvgIpc) is 2.87. The van der Waals surface area contributed by atoms with Gasteiger partial charge in [0.25, 0.3) is 0 Å². The minimum absolute atomic E-state index is 0. The molecule has 0 aliphatic heterocycles. The Balaban J connectivity index is 0.000000227. The molecule has 0 aliphatic carbocycles. The van der Waals surface area contributed by atoms with E-state index in [9.17, 15) is 25.2 Å². The fourth-order valence-corrected chi connectivity index (χ4v) is 3.39. The van der Waals surface area contributed by atoms with Gasteiger partial charge in [-0.3, -0.25) is 19.9 Å². The van der Waals surface area contributed by atoms with Crippen LogP contribution in [0.1, 0.15) is 38.8 Å². The van der Waals surface area contributed by atoms with Crippen LogP contribution >= 0.6 is 7.81 Å². The van der Waals surface area contributed by atoms with E-state index in [1.807, 2.05) is 36.7 Å². The zero-order chi connectivity index (χ0) is 29.0. The molecule has 5 rings (SSSR count). The zero-order valence-corrected chi connectivity index (χ0v) is 25.3. The molecule has 12 heteroatoms. The Kier molecular flexibility index (Phi) is 9.84. The molecular weight excluding hydrogens is 730 g/mol. The van der Waals surface area contributed by atoms with Crippen molar-refractivity contribution in [1.29, 1.82) is 0 Å². The molecule has 217 valence electrons. The van der Waals surface area contributed by atoms with Gasteiger partial charge in [-0.25, -0.2) is 0 Å². The molecule has 5 aromatic rings. The molecule has 0 amide bonds. The van der Waals surface area contributed by atoms with Gasteiger partial charge in [0.1, 0.15) is 0 Å². The van der Waals surface area contributed by atoms with Gasteiger partial charge in [0.2, 0.25) is 0 Å². The van der Waals surface area contributed by atoms with Crippen LogP contribution in [0.4, 0.5) is 25.2 Å². The number of aryl methyl sites for hydroxylation is 1. The molecule has 0 saturated carbocycles. The van der Waals surface area contributed by atoms with E-state index in [0.717, 1.165) is 45.2 Å². The van der Waals surface area contributed by atoms with Crippen LogP contribution in [0.2, 0.25) is 0 Å². The van der Waals surface area contributed by atoms with Gasteiger partial charge in [0.05, 0.1) is 16.9 Å². The molecule has 2 aromatic carbocycles. The average molecular weight is 757 g/mol. The summed E-state index contributed by atoms with van der Waals surface area (Å²) >= 11 is 0. The fraction of sp³-hybridized carbons (Fsp3) is 0.214. The molecule has 0 unspecified atom stereocenters. The monoisotopic (exact) mass is 757 g/mol. The topological polar surface area (TPSA) is 51.6 Å². The van der Waals surface area contributed by atoms with E-state index in [0.29, 0.717) is 0 Å². The van der Waals surface area contributed by atoms with Gasteiger partial charge in [-0.15, -0.1) is 35.4 Å². The second-order valence-electron chi connectivity index (χ2n) is 9.68. The van der Waals surface area contributed by atoms with Gasteiger partial charge in [-0.2, -0.15) is 0 Å². The van der Waals surface area contributed by atoms with E-state index in [1.165, 1.54) is 5.56 Å². The molecule has 0 bridgehead atoms. The predicted octanol–water partition coefficient (Wildman–Crippen LogP) is 9.97. The summed E-state index contributed by atoms with van der Waals surface area (Å²) in [5.41, 5.74) is 5.49. The van der Waals surface area contributed by atoms with Crippen molar-refractivity contribution in [2.24, 2.45) is 0 Å². The summed E-state index contributed by atoms with van der Waals surface area (Å²) in [7, 11) is -10.7. The van der Waals surface area contributed by atoms with Crippen LogP contribution < -0.4 is 0 Å². The van der Waals surface area contributed by atoms with E-state index >= 15 is 0 Å². The summed E-state index contributed by atoms with van der Waals surface area (Å²) in [6.07, 6.45) is 8.33. The Hall–Kier alpha value is -3.00. The van der Waals surface area contributed by atoms with Gasteiger partial charge in [0.15, 0.2) is 0 Å². The summed E-state index contributed by atoms with van der Waals surface area (Å²) in [6, 6.07) is 21.6. The second kappa shape index (κ2) is 11.9. The van der Waals surface area contributed by atoms with Crippen LogP contribution in [0, 0.1) is 6.07 Å². The number of rotatable bonds is 2. The quantitative estimate of drug-likeness (QED) is 0.0779. The van der Waals surface area contributed by atoms with E-state index in [2.05, 4.69) is 84.0 Å². The first kappa shape index (κ1) is 33.2. The van der Waals surface area contributed by atoms with Crippen molar-refractivity contribution >= 4 is 29.6 Å². The summed E-state index contributed by atoms with van der Waals surface area (Å²) in [4.78, 5) is 17.4. The first-order valence-corrected chi connectivity index (χ1v) is 13.9. The Bertz CT molecular complexity index is 1490. The second-order valence-corrected chi connectivity index (χ2v) is 11.6. The normalized spacial score (nSPS) is 13.1. The Morgan fingerprint density at radius 2 is 1.20 bits per heavy atom. The van der Waals surface area contributed by atoms with Crippen LogP contribution in [0.5, 0.6) is 0 Å². The van der Waals surface area contributed by atoms with Crippen molar-refractivity contribution < 1.29 is 45.3 Å². The summed E-state index contributed by atoms with van der Waals surface area (Å²) < 4.78 is 59.2. The third-order valence-corrected chi connectivity index (χ3v) is 5.38. The maximum absolute atomic E-state index is 10.7. The molecular formula is C28H27F6IrN4P-2. The van der Waals surface area contributed by atoms with Crippen molar-refractivity contribution in [3.63, 3.8) is 0 Å². The molecule has 0 aliphatic rings. The maximum Gasteiger partial charge on any atom is 0.0964 e. The van der Waals surface area contributed by atoms with Crippen molar-refractivity contribution in [3.05, 3.63) is 96.6 Å². The largest absolute Gasteiger partial charge is 0.254 e. The standard InChI is InChI=1S/C16H19N2.C12H8N2.F6P.Ir/c1-5-12-10-17-15(18-11-12)13-6-8-14(9-7-13)16(2,3)4;1-3-9-5-6-10-4-2-8-14-12(10)11(9)13-7-1;1-7(2,3,4,5)6;/h6,8-11H,5H2,1-4H3;1-8H;;/q-1;;-1;. The van der Waals surface area contributed by atoms with Crippen LogP contribution in [0.25, 0.3) is 33.2 Å². The van der Waals surface area contributed by atoms with Gasteiger partial charge in [0, 0.05) is 55.7 Å². The van der Waals surface area contributed by atoms with Crippen LogP contribution in [0.15, 0.2) is 79.4 Å². The number of halogens is 6. The van der Waals surface area contributed by atoms with E-state index in [-0.39, 0.29) is 25.5 Å². The van der Waals surface area contributed by atoms with Crippen LogP contribution in [0.3, 0.4) is 0 Å². The smallest absolute Gasteiger partial charge is 0.0964 e. The molecule has 3 heterocycles. The molecule has 0 spiro atoms. The number of aromatic nitrogens is 4. The molecule has 40 heavy (non-hydrogen) atoms. The van der Waals surface area contributed by atoms with Crippen LogP contribution in [-0.2, 0) is 31.9 Å². The van der Waals surface area contributed by atoms with Gasteiger partial charge < -0.3 is 0 Å². The molecule has 0 atom stereocenters.